The summed E-state index contributed by atoms with van der Waals surface area (Å²) in [6, 6.07) is 9.18. The lowest BCUT2D eigenvalue weighted by Gasteiger charge is -2.34. The van der Waals surface area contributed by atoms with Gasteiger partial charge < -0.3 is 19.1 Å². The van der Waals surface area contributed by atoms with Gasteiger partial charge in [0.05, 0.1) is 13.7 Å². The molecule has 1 aliphatic heterocycles. The van der Waals surface area contributed by atoms with Gasteiger partial charge in [0.2, 0.25) is 17.7 Å². The van der Waals surface area contributed by atoms with Crippen LogP contribution in [0.5, 0.6) is 11.8 Å². The van der Waals surface area contributed by atoms with Crippen LogP contribution in [0.2, 0.25) is 0 Å². The fourth-order valence-corrected chi connectivity index (χ4v) is 4.39. The fraction of sp³-hybridized carbons (Fsp3) is 0.458. The molecule has 1 aliphatic rings. The molecule has 2 unspecified atom stereocenters. The second-order valence-electron chi connectivity index (χ2n) is 9.68. The summed E-state index contributed by atoms with van der Waals surface area (Å²) in [6.07, 6.45) is 2.62. The van der Waals surface area contributed by atoms with E-state index in [1.54, 1.807) is 4.90 Å². The first-order valence-corrected chi connectivity index (χ1v) is 13.2. The summed E-state index contributed by atoms with van der Waals surface area (Å²) in [4.78, 5) is 22.8. The minimum absolute atomic E-state index is 0.0297. The molecule has 0 saturated carbocycles. The lowest BCUT2D eigenvalue weighted by Crippen LogP contribution is -2.44. The number of likely N-dealkylation sites (tertiary alicyclic amines) is 1. The van der Waals surface area contributed by atoms with E-state index in [1.807, 2.05) is 51.1 Å². The highest BCUT2D eigenvalue weighted by atomic mass is 32.2. The van der Waals surface area contributed by atoms with E-state index in [4.69, 9.17) is 14.2 Å². The second kappa shape index (κ2) is 11.7. The Morgan fingerprint density at radius 3 is 2.61 bits per heavy atom. The number of carbonyl (C=O) groups is 1. The normalized spacial score (nSPS) is 16.6. The van der Waals surface area contributed by atoms with Crippen LogP contribution in [-0.2, 0) is 16.0 Å². The summed E-state index contributed by atoms with van der Waals surface area (Å²) >= 11 is -2.43. The summed E-state index contributed by atoms with van der Waals surface area (Å²) < 4.78 is 42.2. The van der Waals surface area contributed by atoms with Gasteiger partial charge in [0, 0.05) is 24.6 Å². The summed E-state index contributed by atoms with van der Waals surface area (Å²) in [7, 11) is 1.44. The third kappa shape index (κ3) is 6.55. The van der Waals surface area contributed by atoms with Gasteiger partial charge in [-0.1, -0.05) is 30.3 Å². The zero-order valence-corrected chi connectivity index (χ0v) is 22.5. The molecule has 4 rings (SSSR count). The summed E-state index contributed by atoms with van der Waals surface area (Å²) in [5, 5.41) is 8.28. The standard InChI is InChI=1S/C24H31N7O6S/c1-24(2,3)37-23(32)30-12-8-9-16(13-30)14-36-21-18(20(35-4)25-15-26-21)31-19(17-10-6-5-7-11-17)27-28-22(31)29-38(33)34/h5-7,10-11,15-16H,8-9,12-14H2,1-4H3,(H,28,29)(H,33,34). The number of rotatable bonds is 8. The third-order valence-corrected chi connectivity index (χ3v) is 6.03. The molecule has 3 heterocycles. The Labute approximate surface area is 223 Å². The van der Waals surface area contributed by atoms with Crippen molar-refractivity contribution in [1.29, 1.82) is 0 Å². The predicted molar refractivity (Wildman–Crippen MR) is 139 cm³/mol. The molecule has 204 valence electrons. The van der Waals surface area contributed by atoms with E-state index in [1.165, 1.54) is 18.0 Å². The molecule has 38 heavy (non-hydrogen) atoms. The Morgan fingerprint density at radius 1 is 1.18 bits per heavy atom. The van der Waals surface area contributed by atoms with Crippen LogP contribution in [0.15, 0.2) is 36.7 Å². The lowest BCUT2D eigenvalue weighted by atomic mass is 9.99. The Morgan fingerprint density at radius 2 is 1.92 bits per heavy atom. The van der Waals surface area contributed by atoms with Crippen LogP contribution in [0.4, 0.5) is 10.7 Å². The molecule has 1 fully saturated rings. The lowest BCUT2D eigenvalue weighted by molar-refractivity contribution is 0.0138. The van der Waals surface area contributed by atoms with E-state index in [-0.39, 0.29) is 42.0 Å². The smallest absolute Gasteiger partial charge is 0.410 e. The Hall–Kier alpha value is -3.78. The largest absolute Gasteiger partial charge is 0.479 e. The first kappa shape index (κ1) is 27.3. The molecular formula is C24H31N7O6S. The molecule has 1 aromatic carbocycles. The number of piperidine rings is 1. The molecule has 0 radical (unpaired) electrons. The number of nitrogens with one attached hydrogen (secondary N) is 1. The topological polar surface area (TPSA) is 154 Å². The van der Waals surface area contributed by atoms with Crippen molar-refractivity contribution in [2.24, 2.45) is 5.92 Å². The van der Waals surface area contributed by atoms with Crippen LogP contribution >= 0.6 is 0 Å². The van der Waals surface area contributed by atoms with Gasteiger partial charge in [-0.3, -0.25) is 9.12 Å². The van der Waals surface area contributed by atoms with Crippen LogP contribution in [0.3, 0.4) is 0 Å². The van der Waals surface area contributed by atoms with Crippen molar-refractivity contribution in [3.8, 4) is 28.8 Å². The van der Waals surface area contributed by atoms with Gasteiger partial charge >= 0.3 is 6.09 Å². The maximum absolute atomic E-state index is 12.6. The van der Waals surface area contributed by atoms with E-state index >= 15 is 0 Å². The van der Waals surface area contributed by atoms with E-state index in [0.29, 0.717) is 24.5 Å². The van der Waals surface area contributed by atoms with E-state index < -0.39 is 16.9 Å². The SMILES string of the molecule is COc1ncnc(OCC2CCCN(C(=O)OC(C)(C)C)C2)c1-n1c(NS(=O)O)nnc1-c1ccccc1. The van der Waals surface area contributed by atoms with Gasteiger partial charge in [0.1, 0.15) is 11.9 Å². The number of anilines is 1. The summed E-state index contributed by atoms with van der Waals surface area (Å²) in [5.74, 6) is 0.663. The van der Waals surface area contributed by atoms with E-state index in [2.05, 4.69) is 24.9 Å². The Balaban J connectivity index is 1.64. The predicted octanol–water partition coefficient (Wildman–Crippen LogP) is 3.31. The van der Waals surface area contributed by atoms with Gasteiger partial charge in [0.15, 0.2) is 11.5 Å². The number of hydrogen-bond donors (Lipinski definition) is 2. The molecule has 2 atom stereocenters. The number of amides is 1. The molecule has 2 aromatic heterocycles. The number of ether oxygens (including phenoxy) is 3. The number of nitrogens with zero attached hydrogens (tertiary/aromatic N) is 6. The fourth-order valence-electron chi connectivity index (χ4n) is 4.10. The number of benzene rings is 1. The van der Waals surface area contributed by atoms with Crippen LogP contribution in [0.1, 0.15) is 33.6 Å². The molecule has 0 aliphatic carbocycles. The van der Waals surface area contributed by atoms with Crippen molar-refractivity contribution in [3.05, 3.63) is 36.7 Å². The molecule has 3 aromatic rings. The Bertz CT molecular complexity index is 1280. The van der Waals surface area contributed by atoms with Gasteiger partial charge in [0.25, 0.3) is 11.3 Å². The van der Waals surface area contributed by atoms with Gasteiger partial charge in [-0.25, -0.2) is 13.7 Å². The van der Waals surface area contributed by atoms with Gasteiger partial charge in [-0.05, 0) is 33.6 Å². The molecule has 0 spiro atoms. The van der Waals surface area contributed by atoms with Crippen LogP contribution in [-0.4, -0.2) is 76.9 Å². The molecular weight excluding hydrogens is 514 g/mol. The number of carbonyl (C=O) groups excluding carboxylic acids is 1. The second-order valence-corrected chi connectivity index (χ2v) is 10.4. The van der Waals surface area contributed by atoms with Crippen molar-refractivity contribution in [3.63, 3.8) is 0 Å². The summed E-state index contributed by atoms with van der Waals surface area (Å²) in [6.45, 7) is 6.86. The molecule has 14 heteroatoms. The molecule has 0 bridgehead atoms. The average molecular weight is 546 g/mol. The van der Waals surface area contributed by atoms with Crippen molar-refractivity contribution < 1.29 is 27.8 Å². The van der Waals surface area contributed by atoms with Crippen molar-refractivity contribution >= 4 is 23.3 Å². The molecule has 1 saturated heterocycles. The van der Waals surface area contributed by atoms with E-state index in [0.717, 1.165) is 12.8 Å². The van der Waals surface area contributed by atoms with Crippen molar-refractivity contribution in [2.45, 2.75) is 39.2 Å². The number of hydrogen-bond acceptors (Lipinski definition) is 9. The quantitative estimate of drug-likeness (QED) is 0.403. The van der Waals surface area contributed by atoms with Crippen LogP contribution < -0.4 is 14.2 Å². The van der Waals surface area contributed by atoms with E-state index in [9.17, 15) is 13.6 Å². The average Bonchev–Trinajstić information content (AvgIpc) is 3.29. The minimum atomic E-state index is -2.43. The first-order valence-electron chi connectivity index (χ1n) is 12.0. The maximum Gasteiger partial charge on any atom is 0.410 e. The highest BCUT2D eigenvalue weighted by molar-refractivity contribution is 7.80. The monoisotopic (exact) mass is 545 g/mol. The zero-order valence-electron chi connectivity index (χ0n) is 21.7. The number of methoxy groups -OCH3 is 1. The van der Waals surface area contributed by atoms with Gasteiger partial charge in [-0.2, -0.15) is 9.97 Å². The maximum atomic E-state index is 12.6. The van der Waals surface area contributed by atoms with Crippen LogP contribution in [0.25, 0.3) is 17.1 Å². The van der Waals surface area contributed by atoms with Crippen molar-refractivity contribution in [1.82, 2.24) is 29.6 Å². The number of aromatic nitrogens is 5. The molecule has 1 amide bonds. The van der Waals surface area contributed by atoms with Gasteiger partial charge in [-0.15, -0.1) is 10.2 Å². The molecule has 13 nitrogen and oxygen atoms in total. The van der Waals surface area contributed by atoms with Crippen molar-refractivity contribution in [2.75, 3.05) is 31.5 Å². The summed E-state index contributed by atoms with van der Waals surface area (Å²) in [5.41, 5.74) is 0.368. The zero-order chi connectivity index (χ0) is 27.3. The first-order chi connectivity index (χ1) is 18.2. The highest BCUT2D eigenvalue weighted by Crippen LogP contribution is 2.35. The third-order valence-electron chi connectivity index (χ3n) is 5.67. The highest BCUT2D eigenvalue weighted by Gasteiger charge is 2.30. The minimum Gasteiger partial charge on any atom is -0.479 e. The van der Waals surface area contributed by atoms with Crippen LogP contribution in [0, 0.1) is 5.92 Å². The molecule has 2 N–H and O–H groups in total. The Kier molecular flexibility index (Phi) is 8.42.